The van der Waals surface area contributed by atoms with E-state index in [0.717, 1.165) is 30.3 Å². The second-order valence-corrected chi connectivity index (χ2v) is 4.39. The molecule has 0 N–H and O–H groups in total. The highest BCUT2D eigenvalue weighted by Gasteiger charge is 2.31. The first-order chi connectivity index (χ1) is 9.29. The van der Waals surface area contributed by atoms with Gasteiger partial charge < -0.3 is 0 Å². The Bertz CT molecular complexity index is 664. The van der Waals surface area contributed by atoms with E-state index in [0.29, 0.717) is 0 Å². The minimum Gasteiger partial charge on any atom is -0.276 e. The maximum absolute atomic E-state index is 13.2. The summed E-state index contributed by atoms with van der Waals surface area (Å²) in [5.41, 5.74) is -0.942. The van der Waals surface area contributed by atoms with Crippen LogP contribution in [0.5, 0.6) is 0 Å². The van der Waals surface area contributed by atoms with Gasteiger partial charge in [-0.05, 0) is 53.1 Å². The van der Waals surface area contributed by atoms with E-state index in [1.54, 1.807) is 0 Å². The minimum atomic E-state index is -4.56. The summed E-state index contributed by atoms with van der Waals surface area (Å²) in [6, 6.07) is 7.47. The van der Waals surface area contributed by atoms with E-state index in [4.69, 9.17) is 11.6 Å². The molecule has 6 heteroatoms. The molecule has 0 atom stereocenters. The topological polar surface area (TPSA) is 17.1 Å². The highest BCUT2D eigenvalue weighted by Crippen LogP contribution is 2.34. The molecule has 0 aliphatic carbocycles. The van der Waals surface area contributed by atoms with Crippen molar-refractivity contribution in [1.29, 1.82) is 0 Å². The number of carbonyl (C=O) groups excluding carboxylic acids is 1. The van der Waals surface area contributed by atoms with Gasteiger partial charge in [-0.15, -0.1) is 0 Å². The van der Waals surface area contributed by atoms with Crippen molar-refractivity contribution >= 4 is 16.8 Å². The predicted molar refractivity (Wildman–Crippen MR) is 67.0 cm³/mol. The van der Waals surface area contributed by atoms with Crippen LogP contribution < -0.4 is 0 Å². The van der Waals surface area contributed by atoms with E-state index in [-0.39, 0.29) is 16.7 Å². The lowest BCUT2D eigenvalue weighted by Crippen LogP contribution is -2.06. The summed E-state index contributed by atoms with van der Waals surface area (Å²) in [6.45, 7) is 0. The van der Waals surface area contributed by atoms with Crippen molar-refractivity contribution in [2.75, 3.05) is 0 Å². The van der Waals surface area contributed by atoms with Crippen LogP contribution in [0.2, 0.25) is 0 Å². The summed E-state index contributed by atoms with van der Waals surface area (Å²) < 4.78 is 51.3. The molecular weight excluding hydrogens is 296 g/mol. The smallest absolute Gasteiger partial charge is 0.276 e. The van der Waals surface area contributed by atoms with Crippen molar-refractivity contribution in [1.82, 2.24) is 0 Å². The normalized spacial score (nSPS) is 11.4. The van der Waals surface area contributed by atoms with Crippen LogP contribution in [0.4, 0.5) is 17.6 Å². The third-order valence-corrected chi connectivity index (χ3v) is 2.90. The average molecular weight is 303 g/mol. The van der Waals surface area contributed by atoms with Gasteiger partial charge in [-0.1, -0.05) is 12.1 Å². The molecule has 0 saturated carbocycles. The predicted octanol–water partition coefficient (Wildman–Crippen LogP) is 4.89. The lowest BCUT2D eigenvalue weighted by Gasteiger charge is -2.12. The molecule has 0 aliphatic rings. The third kappa shape index (κ3) is 2.99. The SMILES string of the molecule is O=C(Cl)c1ccc(C(F)(F)F)cc1-c1cccc(F)c1. The van der Waals surface area contributed by atoms with Gasteiger partial charge >= 0.3 is 6.18 Å². The number of rotatable bonds is 2. The Kier molecular flexibility index (Phi) is 3.81. The first kappa shape index (κ1) is 14.5. The molecule has 0 heterocycles. The second kappa shape index (κ2) is 5.25. The van der Waals surface area contributed by atoms with Crippen molar-refractivity contribution in [3.8, 4) is 11.1 Å². The van der Waals surface area contributed by atoms with Gasteiger partial charge in [0.25, 0.3) is 5.24 Å². The van der Waals surface area contributed by atoms with Crippen LogP contribution in [0.15, 0.2) is 42.5 Å². The van der Waals surface area contributed by atoms with Gasteiger partial charge in [0.2, 0.25) is 0 Å². The molecule has 0 aromatic heterocycles. The molecule has 0 spiro atoms. The van der Waals surface area contributed by atoms with E-state index in [1.807, 2.05) is 0 Å². The first-order valence-corrected chi connectivity index (χ1v) is 5.84. The Morgan fingerprint density at radius 3 is 2.30 bits per heavy atom. The van der Waals surface area contributed by atoms with E-state index in [2.05, 4.69) is 0 Å². The molecule has 0 bridgehead atoms. The van der Waals surface area contributed by atoms with E-state index >= 15 is 0 Å². The van der Waals surface area contributed by atoms with Crippen molar-refractivity contribution in [3.05, 3.63) is 59.4 Å². The first-order valence-electron chi connectivity index (χ1n) is 5.46. The van der Waals surface area contributed by atoms with E-state index in [1.165, 1.54) is 12.1 Å². The number of halogens is 5. The van der Waals surface area contributed by atoms with Gasteiger partial charge in [-0.3, -0.25) is 4.79 Å². The van der Waals surface area contributed by atoms with Crippen LogP contribution >= 0.6 is 11.6 Å². The average Bonchev–Trinajstić information content (AvgIpc) is 2.37. The Hall–Kier alpha value is -1.88. The molecule has 0 aliphatic heterocycles. The van der Waals surface area contributed by atoms with Crippen molar-refractivity contribution in [3.63, 3.8) is 0 Å². The van der Waals surface area contributed by atoms with Gasteiger partial charge in [-0.25, -0.2) is 4.39 Å². The minimum absolute atomic E-state index is 0.0562. The van der Waals surface area contributed by atoms with Crippen molar-refractivity contribution < 1.29 is 22.4 Å². The molecular formula is C14H7ClF4O. The van der Waals surface area contributed by atoms with Crippen molar-refractivity contribution in [2.45, 2.75) is 6.18 Å². The maximum atomic E-state index is 13.2. The maximum Gasteiger partial charge on any atom is 0.416 e. The fraction of sp³-hybridized carbons (Fsp3) is 0.0714. The molecule has 2 aromatic rings. The summed E-state index contributed by atoms with van der Waals surface area (Å²) in [7, 11) is 0. The highest BCUT2D eigenvalue weighted by atomic mass is 35.5. The molecule has 20 heavy (non-hydrogen) atoms. The molecule has 2 rings (SSSR count). The second-order valence-electron chi connectivity index (χ2n) is 4.04. The van der Waals surface area contributed by atoms with Crippen LogP contribution in [0.25, 0.3) is 11.1 Å². The molecule has 2 aromatic carbocycles. The Morgan fingerprint density at radius 2 is 1.75 bits per heavy atom. The van der Waals surface area contributed by atoms with Crippen LogP contribution in [0.1, 0.15) is 15.9 Å². The van der Waals surface area contributed by atoms with Crippen LogP contribution in [-0.2, 0) is 6.18 Å². The summed E-state index contributed by atoms with van der Waals surface area (Å²) >= 11 is 5.35. The van der Waals surface area contributed by atoms with Gasteiger partial charge in [-0.2, -0.15) is 13.2 Å². The molecule has 1 nitrogen and oxygen atoms in total. The molecule has 0 saturated heterocycles. The van der Waals surface area contributed by atoms with E-state index < -0.39 is 22.8 Å². The van der Waals surface area contributed by atoms with Gasteiger partial charge in [0.1, 0.15) is 5.82 Å². The molecule has 0 unspecified atom stereocenters. The molecule has 0 radical (unpaired) electrons. The Balaban J connectivity index is 2.67. The fourth-order valence-corrected chi connectivity index (χ4v) is 1.95. The monoisotopic (exact) mass is 302 g/mol. The molecule has 104 valence electrons. The van der Waals surface area contributed by atoms with Crippen LogP contribution in [0.3, 0.4) is 0 Å². The summed E-state index contributed by atoms with van der Waals surface area (Å²) in [5, 5.41) is -0.905. The molecule has 0 amide bonds. The molecule has 0 fully saturated rings. The van der Waals surface area contributed by atoms with Crippen molar-refractivity contribution in [2.24, 2.45) is 0 Å². The largest absolute Gasteiger partial charge is 0.416 e. The third-order valence-electron chi connectivity index (χ3n) is 2.69. The highest BCUT2D eigenvalue weighted by molar-refractivity contribution is 6.68. The zero-order valence-corrected chi connectivity index (χ0v) is 10.6. The summed E-state index contributed by atoms with van der Waals surface area (Å²) in [5.74, 6) is -0.618. The Labute approximate surface area is 116 Å². The number of hydrogen-bond donors (Lipinski definition) is 0. The zero-order chi connectivity index (χ0) is 14.9. The van der Waals surface area contributed by atoms with Crippen LogP contribution in [-0.4, -0.2) is 5.24 Å². The lowest BCUT2D eigenvalue weighted by atomic mass is 9.97. The number of hydrogen-bond acceptors (Lipinski definition) is 1. The Morgan fingerprint density at radius 1 is 1.05 bits per heavy atom. The lowest BCUT2D eigenvalue weighted by molar-refractivity contribution is -0.137. The number of carbonyl (C=O) groups is 1. The standard InChI is InChI=1S/C14H7ClF4O/c15-13(20)11-5-4-9(14(17,18)19)7-12(11)8-2-1-3-10(16)6-8/h1-7H. The quantitative estimate of drug-likeness (QED) is 0.570. The summed E-state index contributed by atoms with van der Waals surface area (Å²) in [6.07, 6.45) is -4.56. The fourth-order valence-electron chi connectivity index (χ4n) is 1.79. The number of alkyl halides is 3. The van der Waals surface area contributed by atoms with Gasteiger partial charge in [0, 0.05) is 5.56 Å². The van der Waals surface area contributed by atoms with Gasteiger partial charge in [0.05, 0.1) is 5.56 Å². The van der Waals surface area contributed by atoms with Gasteiger partial charge in [0.15, 0.2) is 0 Å². The number of benzene rings is 2. The zero-order valence-electron chi connectivity index (χ0n) is 9.84. The summed E-state index contributed by atoms with van der Waals surface area (Å²) in [4.78, 5) is 11.3. The van der Waals surface area contributed by atoms with Crippen LogP contribution in [0, 0.1) is 5.82 Å². The van der Waals surface area contributed by atoms with E-state index in [9.17, 15) is 22.4 Å².